The van der Waals surface area contributed by atoms with Gasteiger partial charge in [0.2, 0.25) is 0 Å². The van der Waals surface area contributed by atoms with Gasteiger partial charge in [0.05, 0.1) is 19.8 Å². The van der Waals surface area contributed by atoms with Gasteiger partial charge in [-0.05, 0) is 57.8 Å². The molecular weight excluding hydrogens is 624 g/mol. The smallest absolute Gasteiger partial charge is 0.306 e. The first-order chi connectivity index (χ1) is 23.9. The second-order valence-electron chi connectivity index (χ2n) is 12.6. The second-order valence-corrected chi connectivity index (χ2v) is 12.6. The number of carbonyl (C=O) groups is 1. The van der Waals surface area contributed by atoms with Crippen LogP contribution in [0.2, 0.25) is 0 Å². The molecule has 0 bridgehead atoms. The van der Waals surface area contributed by atoms with E-state index in [9.17, 15) is 25.2 Å². The SMILES string of the molecule is CC/C=C\C/C=C\C/C=C\C/C=C\C/C=C\CCCCCCCCOCC(COC1OC(CO)C(O)C(O)C1O)OC(=O)CCCCCC. The van der Waals surface area contributed by atoms with Crippen molar-refractivity contribution in [1.82, 2.24) is 0 Å². The third-order valence-electron chi connectivity index (χ3n) is 8.20. The topological polar surface area (TPSA) is 135 Å². The van der Waals surface area contributed by atoms with Crippen LogP contribution in [0.5, 0.6) is 0 Å². The molecule has 0 spiro atoms. The van der Waals surface area contributed by atoms with Gasteiger partial charge in [-0.25, -0.2) is 0 Å². The van der Waals surface area contributed by atoms with Crippen LogP contribution in [0.25, 0.3) is 0 Å². The van der Waals surface area contributed by atoms with E-state index in [0.29, 0.717) is 13.0 Å². The van der Waals surface area contributed by atoms with Crippen molar-refractivity contribution in [3.05, 3.63) is 60.8 Å². The molecule has 1 rings (SSSR count). The lowest BCUT2D eigenvalue weighted by atomic mass is 9.99. The van der Waals surface area contributed by atoms with Crippen LogP contribution in [0.15, 0.2) is 60.8 Å². The molecule has 0 aromatic rings. The molecule has 0 aromatic carbocycles. The van der Waals surface area contributed by atoms with Crippen LogP contribution in [0.1, 0.15) is 123 Å². The predicted molar refractivity (Wildman–Crippen MR) is 196 cm³/mol. The molecule has 1 fully saturated rings. The Hall–Kier alpha value is -2.11. The molecule has 0 amide bonds. The van der Waals surface area contributed by atoms with Crippen LogP contribution in [0.3, 0.4) is 0 Å². The van der Waals surface area contributed by atoms with E-state index in [2.05, 4.69) is 74.6 Å². The van der Waals surface area contributed by atoms with E-state index in [1.807, 2.05) is 0 Å². The van der Waals surface area contributed by atoms with Gasteiger partial charge in [0.1, 0.15) is 30.5 Å². The first-order valence-electron chi connectivity index (χ1n) is 18.9. The van der Waals surface area contributed by atoms with E-state index in [4.69, 9.17) is 18.9 Å². The van der Waals surface area contributed by atoms with Crippen LogP contribution >= 0.6 is 0 Å². The van der Waals surface area contributed by atoms with E-state index in [-0.39, 0.29) is 19.2 Å². The average molecular weight is 693 g/mol. The van der Waals surface area contributed by atoms with Gasteiger partial charge < -0.3 is 39.4 Å². The van der Waals surface area contributed by atoms with Gasteiger partial charge in [0, 0.05) is 13.0 Å². The number of aliphatic hydroxyl groups excluding tert-OH is 4. The fourth-order valence-electron chi connectivity index (χ4n) is 5.22. The van der Waals surface area contributed by atoms with Gasteiger partial charge in [-0.1, -0.05) is 120 Å². The summed E-state index contributed by atoms with van der Waals surface area (Å²) in [5.41, 5.74) is 0. The summed E-state index contributed by atoms with van der Waals surface area (Å²) in [7, 11) is 0. The summed E-state index contributed by atoms with van der Waals surface area (Å²) in [6.45, 7) is 4.25. The number of unbranched alkanes of at least 4 members (excludes halogenated alkanes) is 9. The molecule has 0 aliphatic carbocycles. The van der Waals surface area contributed by atoms with Crippen molar-refractivity contribution in [2.24, 2.45) is 0 Å². The largest absolute Gasteiger partial charge is 0.457 e. The third kappa shape index (κ3) is 23.8. The minimum atomic E-state index is -1.54. The Balaban J connectivity index is 2.19. The molecule has 1 aliphatic rings. The monoisotopic (exact) mass is 692 g/mol. The fraction of sp³-hybridized carbons (Fsp3) is 0.725. The van der Waals surface area contributed by atoms with Crippen molar-refractivity contribution in [3.63, 3.8) is 0 Å². The molecular formula is C40H68O9. The number of aliphatic hydroxyl groups is 4. The Bertz CT molecular complexity index is 927. The molecule has 49 heavy (non-hydrogen) atoms. The maximum Gasteiger partial charge on any atom is 0.306 e. The lowest BCUT2D eigenvalue weighted by molar-refractivity contribution is -0.305. The molecule has 6 atom stereocenters. The van der Waals surface area contributed by atoms with Crippen LogP contribution in [-0.4, -0.2) is 89.6 Å². The van der Waals surface area contributed by atoms with Gasteiger partial charge in [-0.15, -0.1) is 0 Å². The van der Waals surface area contributed by atoms with Crippen molar-refractivity contribution in [2.75, 3.05) is 26.4 Å². The number of allylic oxidation sites excluding steroid dienone is 10. The number of rotatable bonds is 30. The van der Waals surface area contributed by atoms with Gasteiger partial charge in [0.25, 0.3) is 0 Å². The van der Waals surface area contributed by atoms with Gasteiger partial charge in [0.15, 0.2) is 6.29 Å². The lowest BCUT2D eigenvalue weighted by Gasteiger charge is -2.39. The van der Waals surface area contributed by atoms with Crippen molar-refractivity contribution in [2.45, 2.75) is 160 Å². The number of esters is 1. The maximum atomic E-state index is 12.4. The first-order valence-corrected chi connectivity index (χ1v) is 18.9. The summed E-state index contributed by atoms with van der Waals surface area (Å²) in [4.78, 5) is 12.4. The van der Waals surface area contributed by atoms with Crippen LogP contribution in [-0.2, 0) is 23.7 Å². The zero-order valence-corrected chi connectivity index (χ0v) is 30.4. The minimum absolute atomic E-state index is 0.124. The highest BCUT2D eigenvalue weighted by molar-refractivity contribution is 5.69. The highest BCUT2D eigenvalue weighted by atomic mass is 16.7. The van der Waals surface area contributed by atoms with E-state index in [1.54, 1.807) is 0 Å². The maximum absolute atomic E-state index is 12.4. The number of hydrogen-bond acceptors (Lipinski definition) is 9. The summed E-state index contributed by atoms with van der Waals surface area (Å²) in [5.74, 6) is -0.341. The van der Waals surface area contributed by atoms with Crippen LogP contribution in [0, 0.1) is 0 Å². The molecule has 0 saturated carbocycles. The highest BCUT2D eigenvalue weighted by Crippen LogP contribution is 2.22. The molecule has 0 aromatic heterocycles. The Labute approximate surface area is 296 Å². The van der Waals surface area contributed by atoms with Crippen molar-refractivity contribution in [3.8, 4) is 0 Å². The number of carbonyl (C=O) groups excluding carboxylic acids is 1. The molecule has 282 valence electrons. The van der Waals surface area contributed by atoms with Gasteiger partial charge in [-0.2, -0.15) is 0 Å². The Morgan fingerprint density at radius 1 is 0.673 bits per heavy atom. The molecule has 9 heteroatoms. The van der Waals surface area contributed by atoms with Crippen molar-refractivity contribution < 1.29 is 44.2 Å². The fourth-order valence-corrected chi connectivity index (χ4v) is 5.22. The Kier molecular flexibility index (Phi) is 29.2. The minimum Gasteiger partial charge on any atom is -0.457 e. The highest BCUT2D eigenvalue weighted by Gasteiger charge is 2.44. The Morgan fingerprint density at radius 2 is 1.24 bits per heavy atom. The predicted octanol–water partition coefficient (Wildman–Crippen LogP) is 7.18. The van der Waals surface area contributed by atoms with E-state index >= 15 is 0 Å². The van der Waals surface area contributed by atoms with Crippen molar-refractivity contribution in [1.29, 1.82) is 0 Å². The number of ether oxygens (including phenoxy) is 4. The Morgan fingerprint density at radius 3 is 1.86 bits per heavy atom. The molecule has 1 heterocycles. The molecule has 0 radical (unpaired) electrons. The lowest BCUT2D eigenvalue weighted by Crippen LogP contribution is -2.59. The van der Waals surface area contributed by atoms with Gasteiger partial charge >= 0.3 is 5.97 Å². The molecule has 1 saturated heterocycles. The van der Waals surface area contributed by atoms with Crippen molar-refractivity contribution >= 4 is 5.97 Å². The molecule has 6 unspecified atom stereocenters. The zero-order valence-electron chi connectivity index (χ0n) is 30.4. The first kappa shape index (κ1) is 44.9. The summed E-state index contributed by atoms with van der Waals surface area (Å²) in [5, 5.41) is 39.7. The molecule has 1 aliphatic heterocycles. The van der Waals surface area contributed by atoms with Gasteiger partial charge in [-0.3, -0.25) is 4.79 Å². The molecule has 4 N–H and O–H groups in total. The molecule has 9 nitrogen and oxygen atoms in total. The van der Waals surface area contributed by atoms with Crippen LogP contribution in [0.4, 0.5) is 0 Å². The summed E-state index contributed by atoms with van der Waals surface area (Å²) in [6, 6.07) is 0. The van der Waals surface area contributed by atoms with Crippen LogP contribution < -0.4 is 0 Å². The van der Waals surface area contributed by atoms with E-state index in [1.165, 1.54) is 19.3 Å². The zero-order chi connectivity index (χ0) is 35.8. The summed E-state index contributed by atoms with van der Waals surface area (Å²) < 4.78 is 22.5. The van der Waals surface area contributed by atoms with E-state index in [0.717, 1.165) is 83.5 Å². The average Bonchev–Trinajstić information content (AvgIpc) is 3.10. The van der Waals surface area contributed by atoms with E-state index < -0.39 is 43.4 Å². The summed E-state index contributed by atoms with van der Waals surface area (Å²) >= 11 is 0. The summed E-state index contributed by atoms with van der Waals surface area (Å²) in [6.07, 6.45) is 31.7. The normalized spacial score (nSPS) is 22.4. The standard InChI is InChI=1S/C40H68O9/c1-3-5-7-9-10-11-12-13-14-15-16-17-18-19-20-21-22-23-24-25-26-28-30-46-32-34(48-36(42)29-27-8-6-4-2)33-47-40-39(45)38(44)37(43)35(31-41)49-40/h5,7,10-11,13-14,16-17,19-20,34-35,37-41,43-45H,3-4,6,8-9,12,15,18,21-33H2,1-2H3/b7-5-,11-10-,14-13-,17-16-,20-19-. The number of hydrogen-bond donors (Lipinski definition) is 4. The second kappa shape index (κ2) is 31.8. The quantitative estimate of drug-likeness (QED) is 0.0351. The third-order valence-corrected chi connectivity index (χ3v) is 8.20.